The smallest absolute Gasteiger partial charge is 0.406 e. The molecule has 4 nitrogen and oxygen atoms in total. The minimum Gasteiger partial charge on any atom is -0.406 e. The van der Waals surface area contributed by atoms with E-state index < -0.39 is 12.5 Å². The van der Waals surface area contributed by atoms with Crippen LogP contribution in [0.5, 0.6) is 5.75 Å². The van der Waals surface area contributed by atoms with E-state index in [-0.39, 0.29) is 17.6 Å². The number of rotatable bonds is 5. The number of benzene rings is 1. The summed E-state index contributed by atoms with van der Waals surface area (Å²) in [6.45, 7) is 0. The average molecular weight is 430 g/mol. The molecule has 2 aliphatic rings. The molecule has 0 aliphatic heterocycles. The number of nitrogens with zero attached hydrogens (tertiary/aromatic N) is 2. The summed E-state index contributed by atoms with van der Waals surface area (Å²) >= 11 is 0. The van der Waals surface area contributed by atoms with Crippen LogP contribution in [0.2, 0.25) is 0 Å². The van der Waals surface area contributed by atoms with E-state index >= 15 is 0 Å². The number of hydrogen-bond donors (Lipinski definition) is 1. The van der Waals surface area contributed by atoms with Gasteiger partial charge in [-0.25, -0.2) is 4.98 Å². The maximum absolute atomic E-state index is 12.4. The number of hydrogen-bond acceptors (Lipinski definition) is 3. The normalized spacial score (nSPS) is 23.1. The summed E-state index contributed by atoms with van der Waals surface area (Å²) in [5.41, 5.74) is 4.24. The van der Waals surface area contributed by atoms with Crippen LogP contribution in [-0.2, 0) is 0 Å². The van der Waals surface area contributed by atoms with E-state index in [0.29, 0.717) is 5.92 Å². The lowest BCUT2D eigenvalue weighted by molar-refractivity contribution is -0.274. The third-order valence-electron chi connectivity index (χ3n) is 6.76. The lowest BCUT2D eigenvalue weighted by Crippen LogP contribution is -2.22. The Morgan fingerprint density at radius 1 is 0.935 bits per heavy atom. The predicted octanol–water partition coefficient (Wildman–Crippen LogP) is 6.12. The Bertz CT molecular complexity index is 1050. The molecule has 1 N–H and O–H groups in total. The van der Waals surface area contributed by atoms with Crippen LogP contribution in [-0.4, -0.2) is 20.9 Å². The van der Waals surface area contributed by atoms with Crippen LogP contribution in [0.1, 0.15) is 73.3 Å². The van der Waals surface area contributed by atoms with E-state index in [1.54, 1.807) is 18.5 Å². The molecule has 0 radical (unpaired) electrons. The molecule has 0 amide bonds. The molecule has 2 aliphatic carbocycles. The molecule has 0 saturated heterocycles. The molecule has 3 aromatic rings. The molecular weight excluding hydrogens is 405 g/mol. The fourth-order valence-electron chi connectivity index (χ4n) is 5.02. The monoisotopic (exact) mass is 430 g/mol. The van der Waals surface area contributed by atoms with Crippen LogP contribution >= 0.6 is 0 Å². The van der Waals surface area contributed by atoms with E-state index in [0.717, 1.165) is 42.5 Å². The van der Waals surface area contributed by atoms with E-state index in [2.05, 4.69) is 21.9 Å². The highest BCUT2D eigenvalue weighted by Gasteiger charge is 2.35. The lowest BCUT2D eigenvalue weighted by Gasteiger charge is -2.33. The van der Waals surface area contributed by atoms with Gasteiger partial charge >= 0.3 is 6.36 Å². The summed E-state index contributed by atoms with van der Waals surface area (Å²) in [5, 5.41) is 11.3. The van der Waals surface area contributed by atoms with Crippen molar-refractivity contribution >= 4 is 5.52 Å². The minimum absolute atomic E-state index is 0.162. The zero-order chi connectivity index (χ0) is 21.6. The van der Waals surface area contributed by atoms with Crippen molar-refractivity contribution in [2.24, 2.45) is 5.92 Å². The molecular formula is C24H25F3N2O2. The number of fused-ring (bicyclic) bond motifs is 1. The first-order valence-electron chi connectivity index (χ1n) is 10.9. The van der Waals surface area contributed by atoms with Gasteiger partial charge in [0.15, 0.2) is 0 Å². The average Bonchev–Trinajstić information content (AvgIpc) is 3.48. The van der Waals surface area contributed by atoms with Crippen molar-refractivity contribution in [3.8, 4) is 5.75 Å². The number of pyridine rings is 1. The van der Waals surface area contributed by atoms with E-state index in [1.807, 2.05) is 10.6 Å². The number of aliphatic hydroxyl groups excluding tert-OH is 1. The second kappa shape index (κ2) is 7.86. The number of aromatic nitrogens is 2. The molecule has 0 spiro atoms. The van der Waals surface area contributed by atoms with Gasteiger partial charge in [0.05, 0.1) is 29.8 Å². The molecule has 1 atom stereocenters. The summed E-state index contributed by atoms with van der Waals surface area (Å²) in [6.07, 6.45) is 4.28. The third kappa shape index (κ3) is 4.28. The molecule has 164 valence electrons. The molecule has 7 heteroatoms. The van der Waals surface area contributed by atoms with E-state index in [1.165, 1.54) is 30.5 Å². The second-order valence-electron chi connectivity index (χ2n) is 8.81. The lowest BCUT2D eigenvalue weighted by atomic mass is 9.75. The van der Waals surface area contributed by atoms with E-state index in [4.69, 9.17) is 0 Å². The summed E-state index contributed by atoms with van der Waals surface area (Å²) in [4.78, 5) is 4.26. The van der Waals surface area contributed by atoms with Crippen molar-refractivity contribution in [3.63, 3.8) is 0 Å². The Morgan fingerprint density at radius 2 is 1.61 bits per heavy atom. The van der Waals surface area contributed by atoms with Crippen molar-refractivity contribution in [3.05, 3.63) is 65.7 Å². The third-order valence-corrected chi connectivity index (χ3v) is 6.76. The summed E-state index contributed by atoms with van der Waals surface area (Å²) < 4.78 is 43.1. The Kier molecular flexibility index (Phi) is 5.16. The minimum atomic E-state index is -4.67. The molecule has 2 heterocycles. The van der Waals surface area contributed by atoms with Crippen molar-refractivity contribution in [2.45, 2.75) is 62.8 Å². The molecule has 1 aromatic carbocycles. The first-order chi connectivity index (χ1) is 14.9. The molecule has 31 heavy (non-hydrogen) atoms. The van der Waals surface area contributed by atoms with Crippen LogP contribution in [0, 0.1) is 5.92 Å². The summed E-state index contributed by atoms with van der Waals surface area (Å²) in [5.74, 6) is 0.788. The van der Waals surface area contributed by atoms with Crippen molar-refractivity contribution in [1.29, 1.82) is 0 Å². The Balaban J connectivity index is 1.28. The maximum Gasteiger partial charge on any atom is 0.573 e. The Morgan fingerprint density at radius 3 is 2.26 bits per heavy atom. The molecule has 2 fully saturated rings. The first-order valence-corrected chi connectivity index (χ1v) is 10.9. The maximum atomic E-state index is 12.4. The summed E-state index contributed by atoms with van der Waals surface area (Å²) in [7, 11) is 0. The predicted molar refractivity (Wildman–Crippen MR) is 110 cm³/mol. The van der Waals surface area contributed by atoms with E-state index in [9.17, 15) is 18.3 Å². The van der Waals surface area contributed by atoms with Gasteiger partial charge in [-0.2, -0.15) is 0 Å². The molecule has 2 saturated carbocycles. The number of imidazole rings is 1. The van der Waals surface area contributed by atoms with Crippen LogP contribution < -0.4 is 4.74 Å². The largest absolute Gasteiger partial charge is 0.573 e. The molecule has 0 unspecified atom stereocenters. The van der Waals surface area contributed by atoms with Gasteiger partial charge in [-0.3, -0.25) is 0 Å². The SMILES string of the molecule is O[C@@H](c1c(C2CC2)ccc2cncn12)[C@H]1CC[C@H](c2ccc(OC(F)(F)F)cc2)CC1. The van der Waals surface area contributed by atoms with Crippen molar-refractivity contribution in [2.75, 3.05) is 0 Å². The first kappa shape index (κ1) is 20.4. The quantitative estimate of drug-likeness (QED) is 0.531. The van der Waals surface area contributed by atoms with Crippen LogP contribution in [0.3, 0.4) is 0 Å². The van der Waals surface area contributed by atoms with Gasteiger partial charge in [-0.15, -0.1) is 13.2 Å². The van der Waals surface area contributed by atoms with Crippen LogP contribution in [0.4, 0.5) is 13.2 Å². The molecule has 2 aromatic heterocycles. The second-order valence-corrected chi connectivity index (χ2v) is 8.81. The Hall–Kier alpha value is -2.54. The highest BCUT2D eigenvalue weighted by atomic mass is 19.4. The molecule has 5 rings (SSSR count). The number of ether oxygens (including phenoxy) is 1. The highest BCUT2D eigenvalue weighted by Crippen LogP contribution is 2.47. The van der Waals surface area contributed by atoms with Crippen LogP contribution in [0.15, 0.2) is 48.9 Å². The van der Waals surface area contributed by atoms with Crippen molar-refractivity contribution < 1.29 is 23.0 Å². The topological polar surface area (TPSA) is 46.8 Å². The van der Waals surface area contributed by atoms with Gasteiger partial charge in [0.2, 0.25) is 0 Å². The van der Waals surface area contributed by atoms with Gasteiger partial charge < -0.3 is 14.2 Å². The standard InChI is InChI=1S/C24H25F3N2O2/c25-24(26,27)31-20-10-7-16(8-11-20)15-1-5-18(6-2-15)23(30)22-21(17-3-4-17)12-9-19-13-28-14-29(19)22/h7-15,17-18,23,30H,1-6H2/t15-,18-,23-/m1/s1. The fraction of sp³-hybridized carbons (Fsp3) is 0.458. The van der Waals surface area contributed by atoms with Gasteiger partial charge in [-0.05, 0) is 85.6 Å². The number of aliphatic hydroxyl groups is 1. The number of halogens is 3. The van der Waals surface area contributed by atoms with Gasteiger partial charge in [0.1, 0.15) is 5.75 Å². The fourth-order valence-corrected chi connectivity index (χ4v) is 5.02. The molecule has 0 bridgehead atoms. The number of alkyl halides is 3. The van der Waals surface area contributed by atoms with Gasteiger partial charge in [0, 0.05) is 0 Å². The Labute approximate surface area is 178 Å². The van der Waals surface area contributed by atoms with Gasteiger partial charge in [-0.1, -0.05) is 18.2 Å². The highest BCUT2D eigenvalue weighted by molar-refractivity contribution is 5.50. The zero-order valence-electron chi connectivity index (χ0n) is 17.1. The van der Waals surface area contributed by atoms with Crippen LogP contribution in [0.25, 0.3) is 5.52 Å². The van der Waals surface area contributed by atoms with Gasteiger partial charge in [0.25, 0.3) is 0 Å². The summed E-state index contributed by atoms with van der Waals surface area (Å²) in [6, 6.07) is 10.4. The zero-order valence-corrected chi connectivity index (χ0v) is 17.1. The van der Waals surface area contributed by atoms with Crippen molar-refractivity contribution in [1.82, 2.24) is 9.38 Å².